The molecule has 5 rings (SSSR count). The van der Waals surface area contributed by atoms with E-state index in [2.05, 4.69) is 9.98 Å². The van der Waals surface area contributed by atoms with Crippen LogP contribution in [-0.4, -0.2) is 32.3 Å². The number of fused-ring (bicyclic) bond motifs is 1. The van der Waals surface area contributed by atoms with Gasteiger partial charge in [0.1, 0.15) is 16.9 Å². The lowest BCUT2D eigenvalue weighted by Gasteiger charge is -2.21. The van der Waals surface area contributed by atoms with Crippen molar-refractivity contribution in [2.75, 3.05) is 13.7 Å². The summed E-state index contributed by atoms with van der Waals surface area (Å²) in [6.45, 7) is 2.53. The molecule has 8 heteroatoms. The fraction of sp³-hybridized carbons (Fsp3) is 0.240. The fourth-order valence-corrected chi connectivity index (χ4v) is 4.37. The monoisotopic (exact) mass is 445 g/mol. The zero-order valence-corrected chi connectivity index (χ0v) is 18.7. The highest BCUT2D eigenvalue weighted by Gasteiger charge is 2.23. The molecule has 0 saturated heterocycles. The van der Waals surface area contributed by atoms with Crippen LogP contribution in [0.15, 0.2) is 64.8 Å². The summed E-state index contributed by atoms with van der Waals surface area (Å²) in [5.41, 5.74) is 4.00. The minimum absolute atomic E-state index is 0.126. The van der Waals surface area contributed by atoms with Gasteiger partial charge < -0.3 is 13.9 Å². The Hall–Kier alpha value is -3.94. The Bertz CT molecular complexity index is 1510. The van der Waals surface area contributed by atoms with E-state index in [-0.39, 0.29) is 17.4 Å². The van der Waals surface area contributed by atoms with E-state index < -0.39 is 0 Å². The van der Waals surface area contributed by atoms with E-state index in [0.29, 0.717) is 29.7 Å². The second kappa shape index (κ2) is 8.20. The predicted molar refractivity (Wildman–Crippen MR) is 123 cm³/mol. The summed E-state index contributed by atoms with van der Waals surface area (Å²) < 4.78 is 24.5. The number of benzene rings is 2. The second-order valence-corrected chi connectivity index (χ2v) is 8.16. The molecule has 0 bridgehead atoms. The molecule has 2 aromatic carbocycles. The molecule has 3 heterocycles. The number of hydrogen-bond acceptors (Lipinski definition) is 4. The highest BCUT2D eigenvalue weighted by atomic mass is 19.1. The molecule has 4 aromatic rings. The van der Waals surface area contributed by atoms with Crippen molar-refractivity contribution in [3.8, 4) is 11.4 Å². The van der Waals surface area contributed by atoms with Gasteiger partial charge in [-0.3, -0.25) is 14.4 Å². The van der Waals surface area contributed by atoms with Crippen LogP contribution >= 0.6 is 0 Å². The number of methoxy groups -OCH3 is 1. The fourth-order valence-electron chi connectivity index (χ4n) is 4.37. The zero-order chi connectivity index (χ0) is 23.1. The number of rotatable bonds is 4. The number of aryl methyl sites for hydroxylation is 1. The molecule has 0 spiro atoms. The summed E-state index contributed by atoms with van der Waals surface area (Å²) in [6, 6.07) is 11.9. The van der Waals surface area contributed by atoms with Gasteiger partial charge in [0.25, 0.3) is 5.56 Å². The lowest BCUT2D eigenvalue weighted by Crippen LogP contribution is -2.38. The SMILES string of the molecule is COc1cc(C=c2c(=O)n3c(n2C)=NCCC3c2ccc(F)cc2)ccc1-n1cnc(C)c1. The van der Waals surface area contributed by atoms with E-state index in [1.807, 2.05) is 53.6 Å². The molecule has 0 N–H and O–H groups in total. The molecule has 168 valence electrons. The molecule has 1 atom stereocenters. The van der Waals surface area contributed by atoms with E-state index in [4.69, 9.17) is 4.74 Å². The van der Waals surface area contributed by atoms with Crippen molar-refractivity contribution in [3.63, 3.8) is 0 Å². The standard InChI is InChI=1S/C25H24FN5O2/c1-16-14-30(15-28-16)21-9-4-17(13-23(21)33-3)12-22-24(32)31-20(10-11-27-25(31)29(22)2)18-5-7-19(26)8-6-18/h4-9,12-15,20H,10-11H2,1-3H3. The molecule has 1 aliphatic heterocycles. The molecule has 0 amide bonds. The van der Waals surface area contributed by atoms with Crippen molar-refractivity contribution < 1.29 is 9.13 Å². The highest BCUT2D eigenvalue weighted by molar-refractivity contribution is 5.58. The Labute approximate surface area is 189 Å². The quantitative estimate of drug-likeness (QED) is 0.484. The Morgan fingerprint density at radius 2 is 1.97 bits per heavy atom. The Balaban J connectivity index is 1.62. The minimum atomic E-state index is -0.294. The van der Waals surface area contributed by atoms with Gasteiger partial charge in [-0.2, -0.15) is 0 Å². The van der Waals surface area contributed by atoms with Gasteiger partial charge in [0.2, 0.25) is 5.62 Å². The van der Waals surface area contributed by atoms with Crippen LogP contribution in [0.2, 0.25) is 0 Å². The van der Waals surface area contributed by atoms with Crippen LogP contribution in [-0.2, 0) is 7.05 Å². The molecule has 2 aromatic heterocycles. The summed E-state index contributed by atoms with van der Waals surface area (Å²) in [7, 11) is 3.46. The first-order valence-electron chi connectivity index (χ1n) is 10.7. The first kappa shape index (κ1) is 20.9. The summed E-state index contributed by atoms with van der Waals surface area (Å²) in [5, 5.41) is 0.524. The first-order valence-corrected chi connectivity index (χ1v) is 10.7. The number of nitrogens with zero attached hydrogens (tertiary/aromatic N) is 5. The topological polar surface area (TPSA) is 66.3 Å². The second-order valence-electron chi connectivity index (χ2n) is 8.16. The first-order chi connectivity index (χ1) is 16.0. The Kier molecular flexibility index (Phi) is 5.20. The smallest absolute Gasteiger partial charge is 0.277 e. The molecular weight excluding hydrogens is 421 g/mol. The van der Waals surface area contributed by atoms with Gasteiger partial charge in [-0.05, 0) is 54.8 Å². The summed E-state index contributed by atoms with van der Waals surface area (Å²) in [4.78, 5) is 22.3. The molecular formula is C25H24FN5O2. The van der Waals surface area contributed by atoms with Crippen molar-refractivity contribution in [1.29, 1.82) is 0 Å². The third-order valence-electron chi connectivity index (χ3n) is 6.03. The van der Waals surface area contributed by atoms with E-state index in [1.54, 1.807) is 30.1 Å². The Morgan fingerprint density at radius 1 is 1.18 bits per heavy atom. The van der Waals surface area contributed by atoms with Gasteiger partial charge in [-0.1, -0.05) is 18.2 Å². The maximum atomic E-state index is 13.5. The largest absolute Gasteiger partial charge is 0.495 e. The van der Waals surface area contributed by atoms with E-state index in [9.17, 15) is 9.18 Å². The number of hydrogen-bond donors (Lipinski definition) is 0. The number of aromatic nitrogens is 4. The molecule has 0 saturated carbocycles. The van der Waals surface area contributed by atoms with E-state index >= 15 is 0 Å². The third-order valence-corrected chi connectivity index (χ3v) is 6.03. The maximum absolute atomic E-state index is 13.5. The molecule has 0 fully saturated rings. The lowest BCUT2D eigenvalue weighted by molar-refractivity contribution is 0.413. The number of ether oxygens (including phenoxy) is 1. The van der Waals surface area contributed by atoms with Crippen LogP contribution in [0, 0.1) is 12.7 Å². The van der Waals surface area contributed by atoms with Gasteiger partial charge in [-0.15, -0.1) is 0 Å². The van der Waals surface area contributed by atoms with Crippen LogP contribution < -0.4 is 21.3 Å². The maximum Gasteiger partial charge on any atom is 0.277 e. The molecule has 0 radical (unpaired) electrons. The van der Waals surface area contributed by atoms with Gasteiger partial charge in [0, 0.05) is 19.8 Å². The van der Waals surface area contributed by atoms with Crippen molar-refractivity contribution in [2.24, 2.45) is 12.0 Å². The predicted octanol–water partition coefficient (Wildman–Crippen LogP) is 2.27. The van der Waals surface area contributed by atoms with Gasteiger partial charge in [0.05, 0.1) is 30.9 Å². The van der Waals surface area contributed by atoms with Crippen LogP contribution in [0.5, 0.6) is 5.75 Å². The minimum Gasteiger partial charge on any atom is -0.495 e. The van der Waals surface area contributed by atoms with Gasteiger partial charge in [-0.25, -0.2) is 9.37 Å². The van der Waals surface area contributed by atoms with Crippen LogP contribution in [0.25, 0.3) is 11.8 Å². The van der Waals surface area contributed by atoms with Gasteiger partial charge >= 0.3 is 0 Å². The van der Waals surface area contributed by atoms with Crippen molar-refractivity contribution in [1.82, 2.24) is 18.7 Å². The average molecular weight is 445 g/mol. The van der Waals surface area contributed by atoms with Crippen molar-refractivity contribution in [3.05, 3.63) is 98.9 Å². The zero-order valence-electron chi connectivity index (χ0n) is 18.7. The van der Waals surface area contributed by atoms with E-state index in [0.717, 1.165) is 22.5 Å². The summed E-state index contributed by atoms with van der Waals surface area (Å²) in [6.07, 6.45) is 6.20. The van der Waals surface area contributed by atoms with Crippen LogP contribution in [0.3, 0.4) is 0 Å². The molecule has 1 aliphatic rings. The van der Waals surface area contributed by atoms with Gasteiger partial charge in [0.15, 0.2) is 0 Å². The normalized spacial score (nSPS) is 15.9. The third kappa shape index (κ3) is 3.67. The number of halogens is 1. The lowest BCUT2D eigenvalue weighted by atomic mass is 10.0. The van der Waals surface area contributed by atoms with Crippen molar-refractivity contribution in [2.45, 2.75) is 19.4 Å². The summed E-state index contributed by atoms with van der Waals surface area (Å²) >= 11 is 0. The van der Waals surface area contributed by atoms with Crippen LogP contribution in [0.1, 0.15) is 29.3 Å². The van der Waals surface area contributed by atoms with Crippen molar-refractivity contribution >= 4 is 6.08 Å². The van der Waals surface area contributed by atoms with E-state index in [1.165, 1.54) is 12.1 Å². The molecule has 7 nitrogen and oxygen atoms in total. The molecule has 1 unspecified atom stereocenters. The molecule has 0 aliphatic carbocycles. The number of imidazole rings is 2. The summed E-state index contributed by atoms with van der Waals surface area (Å²) in [5.74, 6) is 0.381. The molecule has 33 heavy (non-hydrogen) atoms. The highest BCUT2D eigenvalue weighted by Crippen LogP contribution is 2.25. The average Bonchev–Trinajstić information content (AvgIpc) is 3.36. The Morgan fingerprint density at radius 3 is 2.67 bits per heavy atom. The van der Waals surface area contributed by atoms with Crippen LogP contribution in [0.4, 0.5) is 4.39 Å².